The number of nitrogens with one attached hydrogen (secondary N) is 1. The molecule has 1 N–H and O–H groups in total. The standard InChI is InChI=1S/C14H18N2O2/c1-14(2,3)10-6-9(7-15-8-10)11-4-5-12(17)16-13(11)18/h6-8,11H,4-5H2,1-3H3,(H,16,17,18). The summed E-state index contributed by atoms with van der Waals surface area (Å²) in [5.41, 5.74) is 2.00. The molecular weight excluding hydrogens is 228 g/mol. The number of hydrogen-bond donors (Lipinski definition) is 1. The van der Waals surface area contributed by atoms with Crippen molar-refractivity contribution in [3.63, 3.8) is 0 Å². The van der Waals surface area contributed by atoms with Crippen LogP contribution in [0.3, 0.4) is 0 Å². The lowest BCUT2D eigenvalue weighted by Gasteiger charge is -2.24. The van der Waals surface area contributed by atoms with Crippen LogP contribution in [0.2, 0.25) is 0 Å². The second kappa shape index (κ2) is 4.52. The third-order valence-corrected chi connectivity index (χ3v) is 3.27. The summed E-state index contributed by atoms with van der Waals surface area (Å²) in [7, 11) is 0. The molecule has 0 bridgehead atoms. The number of carbonyl (C=O) groups is 2. The highest BCUT2D eigenvalue weighted by molar-refractivity contribution is 6.00. The maximum Gasteiger partial charge on any atom is 0.234 e. The molecule has 1 fully saturated rings. The second-order valence-corrected chi connectivity index (χ2v) is 5.76. The van der Waals surface area contributed by atoms with Gasteiger partial charge in [-0.25, -0.2) is 0 Å². The van der Waals surface area contributed by atoms with Crippen LogP contribution in [0.1, 0.15) is 50.7 Å². The largest absolute Gasteiger partial charge is 0.296 e. The Kier molecular flexibility index (Phi) is 3.20. The Morgan fingerprint density at radius 2 is 2.00 bits per heavy atom. The van der Waals surface area contributed by atoms with Crippen LogP contribution < -0.4 is 5.32 Å². The molecule has 1 atom stereocenters. The maximum absolute atomic E-state index is 11.8. The Morgan fingerprint density at radius 1 is 1.28 bits per heavy atom. The minimum atomic E-state index is -0.252. The van der Waals surface area contributed by atoms with E-state index in [1.54, 1.807) is 6.20 Å². The van der Waals surface area contributed by atoms with Crippen LogP contribution in [-0.2, 0) is 15.0 Å². The predicted molar refractivity (Wildman–Crippen MR) is 68.1 cm³/mol. The molecule has 0 saturated carbocycles. The van der Waals surface area contributed by atoms with Crippen LogP contribution in [0.5, 0.6) is 0 Å². The lowest BCUT2D eigenvalue weighted by Crippen LogP contribution is -2.39. The van der Waals surface area contributed by atoms with Crippen molar-refractivity contribution in [3.8, 4) is 0 Å². The van der Waals surface area contributed by atoms with E-state index < -0.39 is 0 Å². The van der Waals surface area contributed by atoms with Gasteiger partial charge in [-0.2, -0.15) is 0 Å². The van der Waals surface area contributed by atoms with Gasteiger partial charge in [-0.1, -0.05) is 26.8 Å². The Bertz CT molecular complexity index is 489. The van der Waals surface area contributed by atoms with Crippen molar-refractivity contribution in [1.82, 2.24) is 10.3 Å². The van der Waals surface area contributed by atoms with Crippen molar-refractivity contribution in [2.75, 3.05) is 0 Å². The zero-order valence-corrected chi connectivity index (χ0v) is 11.0. The maximum atomic E-state index is 11.8. The average molecular weight is 246 g/mol. The fraction of sp³-hybridized carbons (Fsp3) is 0.500. The number of piperidine rings is 1. The fourth-order valence-corrected chi connectivity index (χ4v) is 2.07. The van der Waals surface area contributed by atoms with Gasteiger partial charge in [-0.15, -0.1) is 0 Å². The molecule has 1 unspecified atom stereocenters. The summed E-state index contributed by atoms with van der Waals surface area (Å²) in [5.74, 6) is -0.646. The van der Waals surface area contributed by atoms with Crippen LogP contribution in [0, 0.1) is 0 Å². The van der Waals surface area contributed by atoms with E-state index in [0.717, 1.165) is 11.1 Å². The summed E-state index contributed by atoms with van der Waals surface area (Å²) in [6, 6.07) is 2.02. The van der Waals surface area contributed by atoms with E-state index in [2.05, 4.69) is 31.1 Å². The van der Waals surface area contributed by atoms with Gasteiger partial charge >= 0.3 is 0 Å². The van der Waals surface area contributed by atoms with Crippen LogP contribution in [0.25, 0.3) is 0 Å². The molecule has 2 heterocycles. The highest BCUT2D eigenvalue weighted by Gasteiger charge is 2.28. The van der Waals surface area contributed by atoms with Crippen LogP contribution in [0.15, 0.2) is 18.5 Å². The summed E-state index contributed by atoms with van der Waals surface area (Å²) < 4.78 is 0. The van der Waals surface area contributed by atoms with E-state index >= 15 is 0 Å². The quantitative estimate of drug-likeness (QED) is 0.770. The number of pyridine rings is 1. The molecule has 1 aliphatic rings. The first-order valence-electron chi connectivity index (χ1n) is 6.17. The minimum Gasteiger partial charge on any atom is -0.296 e. The number of nitrogens with zero attached hydrogens (tertiary/aromatic N) is 1. The van der Waals surface area contributed by atoms with Crippen LogP contribution >= 0.6 is 0 Å². The highest BCUT2D eigenvalue weighted by Crippen LogP contribution is 2.28. The molecule has 0 radical (unpaired) electrons. The molecular formula is C14H18N2O2. The van der Waals surface area contributed by atoms with E-state index in [1.165, 1.54) is 0 Å². The van der Waals surface area contributed by atoms with Gasteiger partial charge in [0, 0.05) is 18.8 Å². The predicted octanol–water partition coefficient (Wildman–Crippen LogP) is 1.90. The Hall–Kier alpha value is -1.71. The van der Waals surface area contributed by atoms with Crippen molar-refractivity contribution in [2.24, 2.45) is 0 Å². The number of rotatable bonds is 1. The van der Waals surface area contributed by atoms with E-state index in [1.807, 2.05) is 12.3 Å². The topological polar surface area (TPSA) is 59.1 Å². The van der Waals surface area contributed by atoms with E-state index in [4.69, 9.17) is 0 Å². The van der Waals surface area contributed by atoms with E-state index in [9.17, 15) is 9.59 Å². The third-order valence-electron chi connectivity index (χ3n) is 3.27. The number of amides is 2. The van der Waals surface area contributed by atoms with Gasteiger partial charge in [-0.3, -0.25) is 19.9 Å². The van der Waals surface area contributed by atoms with Gasteiger partial charge < -0.3 is 0 Å². The van der Waals surface area contributed by atoms with Gasteiger partial charge in [0.1, 0.15) is 0 Å². The van der Waals surface area contributed by atoms with E-state index in [-0.39, 0.29) is 23.1 Å². The average Bonchev–Trinajstić information content (AvgIpc) is 2.28. The van der Waals surface area contributed by atoms with Gasteiger partial charge in [-0.05, 0) is 23.0 Å². The summed E-state index contributed by atoms with van der Waals surface area (Å²) in [4.78, 5) is 27.2. The van der Waals surface area contributed by atoms with Gasteiger partial charge in [0.2, 0.25) is 11.8 Å². The van der Waals surface area contributed by atoms with Crippen LogP contribution in [0.4, 0.5) is 0 Å². The normalized spacial score (nSPS) is 20.7. The first kappa shape index (κ1) is 12.7. The van der Waals surface area contributed by atoms with Gasteiger partial charge in [0.15, 0.2) is 0 Å². The van der Waals surface area contributed by atoms with Crippen molar-refractivity contribution in [3.05, 3.63) is 29.6 Å². The molecule has 96 valence electrons. The summed E-state index contributed by atoms with van der Waals surface area (Å²) in [6.07, 6.45) is 4.51. The summed E-state index contributed by atoms with van der Waals surface area (Å²) >= 11 is 0. The SMILES string of the molecule is CC(C)(C)c1cncc(C2CCC(=O)NC2=O)c1. The molecule has 2 rings (SSSR count). The molecule has 0 aromatic carbocycles. The molecule has 0 spiro atoms. The smallest absolute Gasteiger partial charge is 0.234 e. The van der Waals surface area contributed by atoms with Gasteiger partial charge in [0.05, 0.1) is 5.92 Å². The summed E-state index contributed by atoms with van der Waals surface area (Å²) in [6.45, 7) is 6.33. The Labute approximate surface area is 107 Å². The molecule has 0 aliphatic carbocycles. The first-order chi connectivity index (χ1) is 8.38. The Morgan fingerprint density at radius 3 is 2.61 bits per heavy atom. The number of imide groups is 1. The zero-order valence-electron chi connectivity index (χ0n) is 11.0. The second-order valence-electron chi connectivity index (χ2n) is 5.76. The first-order valence-corrected chi connectivity index (χ1v) is 6.17. The van der Waals surface area contributed by atoms with Crippen molar-refractivity contribution < 1.29 is 9.59 Å². The van der Waals surface area contributed by atoms with Crippen molar-refractivity contribution in [1.29, 1.82) is 0 Å². The lowest BCUT2D eigenvalue weighted by atomic mass is 9.84. The number of carbonyl (C=O) groups excluding carboxylic acids is 2. The molecule has 1 aliphatic heterocycles. The van der Waals surface area contributed by atoms with E-state index in [0.29, 0.717) is 12.8 Å². The van der Waals surface area contributed by atoms with Gasteiger partial charge in [0.25, 0.3) is 0 Å². The molecule has 1 aromatic rings. The van der Waals surface area contributed by atoms with Crippen molar-refractivity contribution in [2.45, 2.75) is 44.9 Å². The summed E-state index contributed by atoms with van der Waals surface area (Å²) in [5, 5.41) is 2.38. The molecule has 4 heteroatoms. The minimum absolute atomic E-state index is 0.00394. The van der Waals surface area contributed by atoms with Crippen molar-refractivity contribution >= 4 is 11.8 Å². The molecule has 1 aromatic heterocycles. The number of aromatic nitrogens is 1. The lowest BCUT2D eigenvalue weighted by molar-refractivity contribution is -0.134. The highest BCUT2D eigenvalue weighted by atomic mass is 16.2. The molecule has 2 amide bonds. The molecule has 4 nitrogen and oxygen atoms in total. The zero-order chi connectivity index (χ0) is 13.3. The van der Waals surface area contributed by atoms with Crippen LogP contribution in [-0.4, -0.2) is 16.8 Å². The molecule has 1 saturated heterocycles. The molecule has 18 heavy (non-hydrogen) atoms. The monoisotopic (exact) mass is 246 g/mol. The third kappa shape index (κ3) is 2.58. The Balaban J connectivity index is 2.29. The fourth-order valence-electron chi connectivity index (χ4n) is 2.07. The number of hydrogen-bond acceptors (Lipinski definition) is 3.